The van der Waals surface area contributed by atoms with Crippen molar-refractivity contribution in [2.75, 3.05) is 39.3 Å². The van der Waals surface area contributed by atoms with Gasteiger partial charge in [0.2, 0.25) is 0 Å². The van der Waals surface area contributed by atoms with Crippen molar-refractivity contribution < 1.29 is 23.4 Å². The first kappa shape index (κ1) is 24.9. The zero-order valence-electron chi connectivity index (χ0n) is 21.3. The average Bonchev–Trinajstić information content (AvgIpc) is 3.52. The number of aromatic nitrogens is 1. The topological polar surface area (TPSA) is 95.5 Å². The number of nitrogens with zero attached hydrogens (tertiary/aromatic N) is 3. The number of piperidine rings is 1. The normalized spacial score (nSPS) is 17.9. The van der Waals surface area contributed by atoms with Crippen LogP contribution in [0.2, 0.25) is 0 Å². The lowest BCUT2D eigenvalue weighted by atomic mass is 9.95. The SMILES string of the molecule is COC(=O)C1=C(C)N=c2s/c(=C\c3ccc(N4CCCCC4)o3)c(=O)n2[C@@H]1c1ccc(OC)cc1OC. The minimum Gasteiger partial charge on any atom is -0.497 e. The number of furan rings is 1. The van der Waals surface area contributed by atoms with E-state index in [2.05, 4.69) is 9.89 Å². The third-order valence-corrected chi connectivity index (χ3v) is 7.70. The van der Waals surface area contributed by atoms with Crippen molar-refractivity contribution in [3.63, 3.8) is 0 Å². The summed E-state index contributed by atoms with van der Waals surface area (Å²) in [5, 5.41) is 0. The minimum absolute atomic E-state index is 0.273. The standard InChI is InChI=1S/C27H29N3O6S/c1-16-23(26(32)35-4)24(19-10-8-17(33-2)14-20(19)34-3)30-25(31)21(37-27(30)28-16)15-18-9-11-22(36-18)29-12-6-5-7-13-29/h8-11,14-15,24H,5-7,12-13H2,1-4H3/b21-15-/t24-/m1/s1. The van der Waals surface area contributed by atoms with Gasteiger partial charge in [-0.25, -0.2) is 9.79 Å². The molecule has 1 fully saturated rings. The second-order valence-electron chi connectivity index (χ2n) is 8.90. The Morgan fingerprint density at radius 2 is 1.89 bits per heavy atom. The fraction of sp³-hybridized carbons (Fsp3) is 0.370. The zero-order valence-corrected chi connectivity index (χ0v) is 22.1. The van der Waals surface area contributed by atoms with E-state index in [1.54, 1.807) is 38.3 Å². The molecule has 1 atom stereocenters. The third-order valence-electron chi connectivity index (χ3n) is 6.72. The van der Waals surface area contributed by atoms with Crippen LogP contribution in [-0.2, 0) is 9.53 Å². The van der Waals surface area contributed by atoms with Gasteiger partial charge in [-0.2, -0.15) is 0 Å². The van der Waals surface area contributed by atoms with Crippen LogP contribution in [0.5, 0.6) is 11.5 Å². The zero-order chi connectivity index (χ0) is 26.1. The molecule has 0 aliphatic carbocycles. The van der Waals surface area contributed by atoms with E-state index >= 15 is 0 Å². The van der Waals surface area contributed by atoms with E-state index in [0.29, 0.717) is 37.9 Å². The Balaban J connectivity index is 1.65. The predicted octanol–water partition coefficient (Wildman–Crippen LogP) is 3.01. The van der Waals surface area contributed by atoms with Crippen LogP contribution in [0.15, 0.2) is 55.8 Å². The first-order chi connectivity index (χ1) is 17.9. The van der Waals surface area contributed by atoms with Gasteiger partial charge in [0.25, 0.3) is 5.56 Å². The van der Waals surface area contributed by atoms with E-state index in [1.807, 2.05) is 12.1 Å². The summed E-state index contributed by atoms with van der Waals surface area (Å²) >= 11 is 1.25. The van der Waals surface area contributed by atoms with Crippen LogP contribution in [0.25, 0.3) is 6.08 Å². The fourth-order valence-electron chi connectivity index (χ4n) is 4.86. The molecule has 5 rings (SSSR count). The van der Waals surface area contributed by atoms with Crippen molar-refractivity contribution in [1.82, 2.24) is 4.57 Å². The molecule has 0 amide bonds. The molecular weight excluding hydrogens is 494 g/mol. The molecule has 194 valence electrons. The van der Waals surface area contributed by atoms with Gasteiger partial charge in [-0.1, -0.05) is 11.3 Å². The lowest BCUT2D eigenvalue weighted by molar-refractivity contribution is -0.136. The van der Waals surface area contributed by atoms with E-state index in [4.69, 9.17) is 18.6 Å². The molecule has 4 heterocycles. The van der Waals surface area contributed by atoms with Crippen molar-refractivity contribution in [2.45, 2.75) is 32.2 Å². The number of hydrogen-bond donors (Lipinski definition) is 0. The molecule has 10 heteroatoms. The van der Waals surface area contributed by atoms with Gasteiger partial charge in [-0.05, 0) is 44.4 Å². The number of ether oxygens (including phenoxy) is 3. The first-order valence-corrected chi connectivity index (χ1v) is 12.9. The van der Waals surface area contributed by atoms with Gasteiger partial charge in [0.05, 0.1) is 37.1 Å². The smallest absolute Gasteiger partial charge is 0.338 e. The Hall–Kier alpha value is -3.79. The number of thiazole rings is 1. The van der Waals surface area contributed by atoms with Crippen molar-refractivity contribution in [3.8, 4) is 11.5 Å². The van der Waals surface area contributed by atoms with Crippen LogP contribution in [0.4, 0.5) is 5.88 Å². The number of carbonyl (C=O) groups is 1. The van der Waals surface area contributed by atoms with Crippen molar-refractivity contribution in [3.05, 3.63) is 72.6 Å². The second-order valence-corrected chi connectivity index (χ2v) is 9.91. The molecule has 2 aromatic heterocycles. The quantitative estimate of drug-likeness (QED) is 0.459. The van der Waals surface area contributed by atoms with Crippen molar-refractivity contribution in [2.24, 2.45) is 4.99 Å². The van der Waals surface area contributed by atoms with E-state index < -0.39 is 12.0 Å². The first-order valence-electron chi connectivity index (χ1n) is 12.1. The minimum atomic E-state index is -0.785. The number of carbonyl (C=O) groups excluding carboxylic acids is 1. The highest BCUT2D eigenvalue weighted by atomic mass is 32.1. The van der Waals surface area contributed by atoms with Crippen molar-refractivity contribution in [1.29, 1.82) is 0 Å². The van der Waals surface area contributed by atoms with Gasteiger partial charge < -0.3 is 23.5 Å². The summed E-state index contributed by atoms with van der Waals surface area (Å²) in [5.41, 5.74) is 1.09. The monoisotopic (exact) mass is 523 g/mol. The summed E-state index contributed by atoms with van der Waals surface area (Å²) in [6, 6.07) is 8.31. The summed E-state index contributed by atoms with van der Waals surface area (Å²) in [6.45, 7) is 3.67. The molecule has 1 saturated heterocycles. The number of esters is 1. The third kappa shape index (κ3) is 4.57. The number of anilines is 1. The molecule has 0 saturated carbocycles. The van der Waals surface area contributed by atoms with E-state index in [1.165, 1.54) is 36.5 Å². The predicted molar refractivity (Wildman–Crippen MR) is 140 cm³/mol. The molecule has 2 aliphatic heterocycles. The van der Waals surface area contributed by atoms with Gasteiger partial charge in [-0.3, -0.25) is 9.36 Å². The van der Waals surface area contributed by atoms with Crippen LogP contribution >= 0.6 is 11.3 Å². The Labute approximate surface area is 217 Å². The van der Waals surface area contributed by atoms with Gasteiger partial charge in [0.15, 0.2) is 10.7 Å². The van der Waals surface area contributed by atoms with Gasteiger partial charge >= 0.3 is 5.97 Å². The highest BCUT2D eigenvalue weighted by molar-refractivity contribution is 7.07. The van der Waals surface area contributed by atoms with Crippen LogP contribution in [0.3, 0.4) is 0 Å². The lowest BCUT2D eigenvalue weighted by Crippen LogP contribution is -2.40. The molecule has 37 heavy (non-hydrogen) atoms. The summed E-state index contributed by atoms with van der Waals surface area (Å²) in [6.07, 6.45) is 5.26. The molecule has 0 bridgehead atoms. The number of allylic oxidation sites excluding steroid dienone is 1. The fourth-order valence-corrected chi connectivity index (χ4v) is 5.89. The number of benzene rings is 1. The summed E-state index contributed by atoms with van der Waals surface area (Å²) in [5.74, 6) is 1.91. The highest BCUT2D eigenvalue weighted by Gasteiger charge is 2.35. The van der Waals surface area contributed by atoms with Gasteiger partial charge in [-0.15, -0.1) is 0 Å². The van der Waals surface area contributed by atoms with Gasteiger partial charge in [0.1, 0.15) is 23.3 Å². The second kappa shape index (κ2) is 10.3. The summed E-state index contributed by atoms with van der Waals surface area (Å²) in [7, 11) is 4.41. The number of hydrogen-bond acceptors (Lipinski definition) is 9. The van der Waals surface area contributed by atoms with Crippen LogP contribution < -0.4 is 29.3 Å². The van der Waals surface area contributed by atoms with Crippen LogP contribution in [-0.4, -0.2) is 45.0 Å². The molecular formula is C27H29N3O6S. The molecule has 0 unspecified atom stereocenters. The molecule has 2 aliphatic rings. The van der Waals surface area contributed by atoms with E-state index in [-0.39, 0.29) is 11.1 Å². The number of methoxy groups -OCH3 is 3. The number of rotatable bonds is 6. The van der Waals surface area contributed by atoms with E-state index in [9.17, 15) is 9.59 Å². The lowest BCUT2D eigenvalue weighted by Gasteiger charge is -2.26. The Kier molecular flexibility index (Phi) is 6.92. The molecule has 9 nitrogen and oxygen atoms in total. The highest BCUT2D eigenvalue weighted by Crippen LogP contribution is 2.37. The molecule has 1 aromatic carbocycles. The molecule has 0 radical (unpaired) electrons. The van der Waals surface area contributed by atoms with Crippen molar-refractivity contribution >= 4 is 29.3 Å². The maximum Gasteiger partial charge on any atom is 0.338 e. The Bertz CT molecular complexity index is 1540. The average molecular weight is 524 g/mol. The molecule has 0 N–H and O–H groups in total. The van der Waals surface area contributed by atoms with Gasteiger partial charge in [0, 0.05) is 36.9 Å². The molecule has 0 spiro atoms. The maximum atomic E-state index is 13.8. The maximum absolute atomic E-state index is 13.8. The van der Waals surface area contributed by atoms with Crippen LogP contribution in [0.1, 0.15) is 43.6 Å². The number of fused-ring (bicyclic) bond motifs is 1. The Morgan fingerprint density at radius 3 is 2.59 bits per heavy atom. The summed E-state index contributed by atoms with van der Waals surface area (Å²) < 4.78 is 24.1. The van der Waals surface area contributed by atoms with E-state index in [0.717, 1.165) is 31.8 Å². The molecule has 3 aromatic rings. The Morgan fingerprint density at radius 1 is 1.11 bits per heavy atom. The largest absolute Gasteiger partial charge is 0.497 e. The van der Waals surface area contributed by atoms with Crippen LogP contribution in [0, 0.1) is 0 Å². The summed E-state index contributed by atoms with van der Waals surface area (Å²) in [4.78, 5) is 34.0.